The molecule has 0 aliphatic heterocycles. The Kier molecular flexibility index (Phi) is 4.85. The minimum atomic E-state index is -0.467. The summed E-state index contributed by atoms with van der Waals surface area (Å²) in [5.41, 5.74) is 1.77. The average Bonchev–Trinajstić information content (AvgIpc) is 3.39. The number of carbonyl (C=O) groups is 1. The molecule has 0 unspecified atom stereocenters. The van der Waals surface area contributed by atoms with Gasteiger partial charge in [-0.25, -0.2) is 9.48 Å². The lowest BCUT2D eigenvalue weighted by Gasteiger charge is -2.09. The van der Waals surface area contributed by atoms with Gasteiger partial charge in [-0.1, -0.05) is 29.8 Å². The molecule has 1 aromatic carbocycles. The predicted octanol–water partition coefficient (Wildman–Crippen LogP) is 1.68. The Balaban J connectivity index is 1.45. The van der Waals surface area contributed by atoms with Crippen LogP contribution in [0, 0.1) is 6.92 Å². The zero-order valence-electron chi connectivity index (χ0n) is 15.0. The fraction of sp³-hybridized carbons (Fsp3) is 0.167. The summed E-state index contributed by atoms with van der Waals surface area (Å²) < 4.78 is 3.88. The minimum absolute atomic E-state index is 0.236. The maximum Gasteiger partial charge on any atom is 0.369 e. The molecular weight excluding hydrogens is 378 g/mol. The molecule has 1 amide bonds. The number of aromatic nitrogens is 6. The van der Waals surface area contributed by atoms with Crippen molar-refractivity contribution in [3.05, 3.63) is 75.7 Å². The summed E-state index contributed by atoms with van der Waals surface area (Å²) in [7, 11) is 0. The maximum atomic E-state index is 12.4. The van der Waals surface area contributed by atoms with Crippen LogP contribution in [0.15, 0.2) is 58.8 Å². The molecule has 0 spiro atoms. The molecule has 9 nitrogen and oxygen atoms in total. The molecule has 10 heteroatoms. The second-order valence-corrected chi connectivity index (χ2v) is 7.12. The van der Waals surface area contributed by atoms with E-state index in [1.165, 1.54) is 16.0 Å². The lowest BCUT2D eigenvalue weighted by Crippen LogP contribution is -2.30. The number of rotatable bonds is 6. The molecule has 1 N–H and O–H groups in total. The van der Waals surface area contributed by atoms with Crippen molar-refractivity contribution in [2.24, 2.45) is 0 Å². The topological polar surface area (TPSA) is 99.6 Å². The predicted molar refractivity (Wildman–Crippen MR) is 105 cm³/mol. The molecule has 0 radical (unpaired) electrons. The minimum Gasteiger partial charge on any atom is -0.309 e. The highest BCUT2D eigenvalue weighted by molar-refractivity contribution is 7.12. The van der Waals surface area contributed by atoms with Crippen LogP contribution in [0.3, 0.4) is 0 Å². The molecule has 0 aliphatic rings. The van der Waals surface area contributed by atoms with Crippen molar-refractivity contribution in [1.29, 1.82) is 0 Å². The Morgan fingerprint density at radius 1 is 1.14 bits per heavy atom. The molecule has 142 valence electrons. The monoisotopic (exact) mass is 395 g/mol. The van der Waals surface area contributed by atoms with Gasteiger partial charge in [-0.3, -0.25) is 4.79 Å². The van der Waals surface area contributed by atoms with E-state index in [1.54, 1.807) is 23.0 Å². The number of aryl methyl sites for hydroxylation is 1. The number of amides is 1. The lowest BCUT2D eigenvalue weighted by molar-refractivity contribution is -0.117. The van der Waals surface area contributed by atoms with Crippen molar-refractivity contribution in [1.82, 2.24) is 29.6 Å². The van der Waals surface area contributed by atoms with Crippen molar-refractivity contribution < 1.29 is 4.79 Å². The number of carbonyl (C=O) groups excluding carboxylic acids is 1. The third-order valence-corrected chi connectivity index (χ3v) is 4.89. The molecule has 0 bridgehead atoms. The van der Waals surface area contributed by atoms with Crippen LogP contribution < -0.4 is 11.0 Å². The zero-order valence-corrected chi connectivity index (χ0v) is 15.8. The number of tetrazole rings is 1. The summed E-state index contributed by atoms with van der Waals surface area (Å²) in [6.45, 7) is 2.31. The number of hydrogen-bond donors (Lipinski definition) is 1. The van der Waals surface area contributed by atoms with E-state index in [2.05, 4.69) is 26.9 Å². The van der Waals surface area contributed by atoms with Gasteiger partial charge in [0, 0.05) is 6.07 Å². The molecule has 4 rings (SSSR count). The summed E-state index contributed by atoms with van der Waals surface area (Å²) in [4.78, 5) is 24.8. The van der Waals surface area contributed by atoms with Crippen molar-refractivity contribution in [2.75, 3.05) is 5.32 Å². The second kappa shape index (κ2) is 7.61. The fourth-order valence-electron chi connectivity index (χ4n) is 2.77. The van der Waals surface area contributed by atoms with Crippen molar-refractivity contribution >= 4 is 23.1 Å². The molecule has 4 aromatic rings. The highest BCUT2D eigenvalue weighted by atomic mass is 32.1. The second-order valence-electron chi connectivity index (χ2n) is 6.19. The first-order valence-electron chi connectivity index (χ1n) is 8.54. The van der Waals surface area contributed by atoms with E-state index in [4.69, 9.17) is 0 Å². The zero-order chi connectivity index (χ0) is 19.5. The normalized spacial score (nSPS) is 10.9. The first-order chi connectivity index (χ1) is 13.6. The molecule has 0 atom stereocenters. The number of anilines is 1. The first-order valence-corrected chi connectivity index (χ1v) is 9.42. The number of thiophene rings is 1. The van der Waals surface area contributed by atoms with Crippen molar-refractivity contribution in [2.45, 2.75) is 20.0 Å². The van der Waals surface area contributed by atoms with Gasteiger partial charge in [0.05, 0.1) is 12.7 Å². The summed E-state index contributed by atoms with van der Waals surface area (Å²) in [6, 6.07) is 13.4. The number of benzene rings is 1. The van der Waals surface area contributed by atoms with Crippen LogP contribution in [0.5, 0.6) is 0 Å². The molecule has 0 saturated heterocycles. The summed E-state index contributed by atoms with van der Waals surface area (Å²) in [5, 5.41) is 17.1. The van der Waals surface area contributed by atoms with E-state index in [1.807, 2.05) is 36.6 Å². The number of nitrogens with zero attached hydrogens (tertiary/aromatic N) is 6. The summed E-state index contributed by atoms with van der Waals surface area (Å²) in [5.74, 6) is 0.163. The van der Waals surface area contributed by atoms with Gasteiger partial charge >= 0.3 is 5.69 Å². The third-order valence-electron chi connectivity index (χ3n) is 4.05. The summed E-state index contributed by atoms with van der Waals surface area (Å²) in [6.07, 6.45) is 1.62. The van der Waals surface area contributed by atoms with Gasteiger partial charge in [-0.2, -0.15) is 14.5 Å². The first kappa shape index (κ1) is 17.9. The average molecular weight is 395 g/mol. The number of nitrogens with one attached hydrogen (secondary N) is 1. The Hall–Kier alpha value is -3.53. The molecular formula is C18H17N7O2S. The standard InChI is InChI=1S/C18H17N7O2S/c1-13-4-2-5-14(10-13)11-23-15(7-8-19-23)20-16(26)12-24-18(27)25(22-21-24)17-6-3-9-28-17/h2-10H,11-12H2,1H3,(H,20,26). The van der Waals surface area contributed by atoms with E-state index in [-0.39, 0.29) is 12.5 Å². The maximum absolute atomic E-state index is 12.4. The van der Waals surface area contributed by atoms with Gasteiger partial charge in [0.15, 0.2) is 0 Å². The van der Waals surface area contributed by atoms with E-state index in [0.717, 1.165) is 15.8 Å². The van der Waals surface area contributed by atoms with E-state index in [9.17, 15) is 9.59 Å². The quantitative estimate of drug-likeness (QED) is 0.535. The molecule has 0 saturated carbocycles. The highest BCUT2D eigenvalue weighted by Gasteiger charge is 2.14. The molecule has 3 heterocycles. The summed E-state index contributed by atoms with van der Waals surface area (Å²) >= 11 is 1.36. The molecule has 28 heavy (non-hydrogen) atoms. The van der Waals surface area contributed by atoms with Crippen LogP contribution in [-0.2, 0) is 17.9 Å². The van der Waals surface area contributed by atoms with Gasteiger partial charge in [-0.15, -0.1) is 11.3 Å². The van der Waals surface area contributed by atoms with Crippen molar-refractivity contribution in [3.63, 3.8) is 0 Å². The molecule has 3 aromatic heterocycles. The van der Waals surface area contributed by atoms with Crippen LogP contribution in [0.4, 0.5) is 5.82 Å². The highest BCUT2D eigenvalue weighted by Crippen LogP contribution is 2.12. The van der Waals surface area contributed by atoms with Gasteiger partial charge < -0.3 is 5.32 Å². The van der Waals surface area contributed by atoms with Crippen LogP contribution >= 0.6 is 11.3 Å². The van der Waals surface area contributed by atoms with E-state index >= 15 is 0 Å². The van der Waals surface area contributed by atoms with Crippen molar-refractivity contribution in [3.8, 4) is 5.00 Å². The number of hydrogen-bond acceptors (Lipinski definition) is 6. The van der Waals surface area contributed by atoms with Crippen LogP contribution in [0.25, 0.3) is 5.00 Å². The Labute approximate surface area is 163 Å². The van der Waals surface area contributed by atoms with E-state index < -0.39 is 5.69 Å². The largest absolute Gasteiger partial charge is 0.369 e. The Morgan fingerprint density at radius 2 is 2.04 bits per heavy atom. The van der Waals surface area contributed by atoms with Gasteiger partial charge in [0.2, 0.25) is 5.91 Å². The molecule has 0 aliphatic carbocycles. The lowest BCUT2D eigenvalue weighted by atomic mass is 10.1. The van der Waals surface area contributed by atoms with Crippen LogP contribution in [-0.4, -0.2) is 35.5 Å². The van der Waals surface area contributed by atoms with Gasteiger partial charge in [0.25, 0.3) is 0 Å². The fourth-order valence-corrected chi connectivity index (χ4v) is 3.44. The van der Waals surface area contributed by atoms with Gasteiger partial charge in [0.1, 0.15) is 17.4 Å². The van der Waals surface area contributed by atoms with E-state index in [0.29, 0.717) is 17.4 Å². The SMILES string of the molecule is Cc1cccc(Cn2nccc2NC(=O)Cn2nnn(-c3cccs3)c2=O)c1. The van der Waals surface area contributed by atoms with Gasteiger partial charge in [-0.05, 0) is 40.4 Å². The van der Waals surface area contributed by atoms with Crippen LogP contribution in [0.1, 0.15) is 11.1 Å². The smallest absolute Gasteiger partial charge is 0.309 e. The molecule has 0 fully saturated rings. The third kappa shape index (κ3) is 3.76. The Morgan fingerprint density at radius 3 is 2.82 bits per heavy atom. The Bertz CT molecular complexity index is 1160. The van der Waals surface area contributed by atoms with Crippen LogP contribution in [0.2, 0.25) is 0 Å².